The second-order valence-electron chi connectivity index (χ2n) is 3.53. The van der Waals surface area contributed by atoms with Crippen LogP contribution in [0, 0.1) is 13.8 Å². The molecule has 0 aliphatic heterocycles. The van der Waals surface area contributed by atoms with E-state index in [9.17, 15) is 4.79 Å². The smallest absolute Gasteiger partial charge is 0.324 e. The number of ether oxygens (including phenoxy) is 1. The maximum absolute atomic E-state index is 11.4. The lowest BCUT2D eigenvalue weighted by Gasteiger charge is -2.11. The predicted molar refractivity (Wildman–Crippen MR) is 64.0 cm³/mol. The number of hydrogen-bond donors (Lipinski definition) is 1. The third-order valence-corrected chi connectivity index (χ3v) is 3.40. The van der Waals surface area contributed by atoms with E-state index < -0.39 is 12.0 Å². The van der Waals surface area contributed by atoms with Crippen molar-refractivity contribution in [2.24, 2.45) is 5.73 Å². The first-order chi connectivity index (χ1) is 7.47. The third kappa shape index (κ3) is 2.82. The molecule has 16 heavy (non-hydrogen) atoms. The summed E-state index contributed by atoms with van der Waals surface area (Å²) >= 11 is 3.42. The highest BCUT2D eigenvalue weighted by molar-refractivity contribution is 9.10. The zero-order valence-corrected chi connectivity index (χ0v) is 11.2. The van der Waals surface area contributed by atoms with E-state index in [1.165, 1.54) is 0 Å². The molecule has 1 unspecified atom stereocenters. The van der Waals surface area contributed by atoms with E-state index in [2.05, 4.69) is 21.0 Å². The number of nitrogens with two attached hydrogens (primary N) is 1. The summed E-state index contributed by atoms with van der Waals surface area (Å²) in [6, 6.07) is -0.676. The largest absolute Gasteiger partial charge is 0.465 e. The van der Waals surface area contributed by atoms with E-state index in [4.69, 9.17) is 10.5 Å². The van der Waals surface area contributed by atoms with E-state index in [0.29, 0.717) is 13.2 Å². The fraction of sp³-hybridized carbons (Fsp3) is 0.600. The van der Waals surface area contributed by atoms with Crippen LogP contribution in [-0.2, 0) is 16.1 Å². The van der Waals surface area contributed by atoms with Gasteiger partial charge in [-0.3, -0.25) is 9.48 Å². The Morgan fingerprint density at radius 3 is 2.69 bits per heavy atom. The minimum Gasteiger partial charge on any atom is -0.465 e. The number of rotatable bonds is 4. The summed E-state index contributed by atoms with van der Waals surface area (Å²) in [6.45, 7) is 6.24. The van der Waals surface area contributed by atoms with Gasteiger partial charge in [-0.15, -0.1) is 0 Å². The topological polar surface area (TPSA) is 70.1 Å². The van der Waals surface area contributed by atoms with Gasteiger partial charge >= 0.3 is 5.97 Å². The summed E-state index contributed by atoms with van der Waals surface area (Å²) in [5, 5.41) is 4.27. The van der Waals surface area contributed by atoms with Crippen LogP contribution < -0.4 is 5.73 Å². The van der Waals surface area contributed by atoms with Crippen molar-refractivity contribution in [3.8, 4) is 0 Å². The first kappa shape index (κ1) is 13.2. The Morgan fingerprint density at radius 2 is 2.25 bits per heavy atom. The van der Waals surface area contributed by atoms with Crippen molar-refractivity contribution in [1.82, 2.24) is 9.78 Å². The van der Waals surface area contributed by atoms with Gasteiger partial charge in [-0.1, -0.05) is 0 Å². The molecule has 0 bridgehead atoms. The number of halogens is 1. The average molecular weight is 290 g/mol. The van der Waals surface area contributed by atoms with Gasteiger partial charge in [0, 0.05) is 5.69 Å². The van der Waals surface area contributed by atoms with E-state index in [1.54, 1.807) is 11.6 Å². The summed E-state index contributed by atoms with van der Waals surface area (Å²) < 4.78 is 7.49. The van der Waals surface area contributed by atoms with Crippen molar-refractivity contribution in [2.45, 2.75) is 33.4 Å². The lowest BCUT2D eigenvalue weighted by atomic mass is 10.3. The number of nitrogens with zero attached hydrogens (tertiary/aromatic N) is 2. The molecule has 0 radical (unpaired) electrons. The fourth-order valence-corrected chi connectivity index (χ4v) is 1.65. The third-order valence-electron chi connectivity index (χ3n) is 2.25. The standard InChI is InChI=1S/C10H16BrN3O2/c1-4-16-10(15)8(12)5-14-7(3)9(11)6(2)13-14/h8H,4-5,12H2,1-3H3. The first-order valence-electron chi connectivity index (χ1n) is 5.09. The van der Waals surface area contributed by atoms with Crippen molar-refractivity contribution in [1.29, 1.82) is 0 Å². The fourth-order valence-electron chi connectivity index (χ4n) is 1.36. The molecule has 0 amide bonds. The van der Waals surface area contributed by atoms with E-state index in [0.717, 1.165) is 15.9 Å². The molecule has 0 saturated carbocycles. The molecule has 6 heteroatoms. The maximum atomic E-state index is 11.4. The lowest BCUT2D eigenvalue weighted by molar-refractivity contribution is -0.145. The SMILES string of the molecule is CCOC(=O)C(N)Cn1nc(C)c(Br)c1C. The zero-order chi connectivity index (χ0) is 12.3. The Bertz CT molecular complexity index is 390. The minimum absolute atomic E-state index is 0.330. The molecule has 0 saturated heterocycles. The van der Waals surface area contributed by atoms with Crippen molar-refractivity contribution < 1.29 is 9.53 Å². The van der Waals surface area contributed by atoms with Crippen molar-refractivity contribution in [2.75, 3.05) is 6.61 Å². The summed E-state index contributed by atoms with van der Waals surface area (Å²) in [7, 11) is 0. The molecular formula is C10H16BrN3O2. The number of aromatic nitrogens is 2. The normalized spacial score (nSPS) is 12.6. The van der Waals surface area contributed by atoms with Gasteiger partial charge in [0.25, 0.3) is 0 Å². The van der Waals surface area contributed by atoms with E-state index in [-0.39, 0.29) is 0 Å². The molecule has 1 aromatic heterocycles. The van der Waals surface area contributed by atoms with Crippen molar-refractivity contribution >= 4 is 21.9 Å². The molecule has 1 rings (SSSR count). The highest BCUT2D eigenvalue weighted by atomic mass is 79.9. The van der Waals surface area contributed by atoms with Gasteiger partial charge in [0.05, 0.1) is 23.3 Å². The van der Waals surface area contributed by atoms with E-state index >= 15 is 0 Å². The number of hydrogen-bond acceptors (Lipinski definition) is 4. The highest BCUT2D eigenvalue weighted by Gasteiger charge is 2.18. The Labute approximate surface area is 103 Å². The van der Waals surface area contributed by atoms with Crippen LogP contribution in [0.2, 0.25) is 0 Å². The molecule has 0 aliphatic rings. The quantitative estimate of drug-likeness (QED) is 0.845. The van der Waals surface area contributed by atoms with Crippen LogP contribution in [0.1, 0.15) is 18.3 Å². The van der Waals surface area contributed by atoms with Crippen LogP contribution in [-0.4, -0.2) is 28.4 Å². The minimum atomic E-state index is -0.676. The van der Waals surface area contributed by atoms with Crippen LogP contribution in [0.4, 0.5) is 0 Å². The second kappa shape index (κ2) is 5.45. The van der Waals surface area contributed by atoms with Gasteiger partial charge < -0.3 is 10.5 Å². The molecule has 0 aromatic carbocycles. The Kier molecular flexibility index (Phi) is 4.49. The molecule has 90 valence electrons. The monoisotopic (exact) mass is 289 g/mol. The van der Waals surface area contributed by atoms with Gasteiger partial charge in [0.15, 0.2) is 0 Å². The Hall–Kier alpha value is -0.880. The molecular weight excluding hydrogens is 274 g/mol. The van der Waals surface area contributed by atoms with Gasteiger partial charge in [0.1, 0.15) is 6.04 Å². The highest BCUT2D eigenvalue weighted by Crippen LogP contribution is 2.19. The van der Waals surface area contributed by atoms with Crippen molar-refractivity contribution in [3.63, 3.8) is 0 Å². The molecule has 5 nitrogen and oxygen atoms in total. The van der Waals surface area contributed by atoms with Crippen LogP contribution in [0.5, 0.6) is 0 Å². The Balaban J connectivity index is 2.73. The summed E-state index contributed by atoms with van der Waals surface area (Å²) in [5.41, 5.74) is 7.55. The molecule has 0 spiro atoms. The number of aryl methyl sites for hydroxylation is 1. The Morgan fingerprint density at radius 1 is 1.62 bits per heavy atom. The van der Waals surface area contributed by atoms with Crippen molar-refractivity contribution in [3.05, 3.63) is 15.9 Å². The molecule has 1 atom stereocenters. The van der Waals surface area contributed by atoms with Crippen LogP contribution >= 0.6 is 15.9 Å². The maximum Gasteiger partial charge on any atom is 0.324 e. The van der Waals surface area contributed by atoms with Gasteiger partial charge in [-0.2, -0.15) is 5.10 Å². The molecule has 1 aromatic rings. The van der Waals surface area contributed by atoms with Gasteiger partial charge in [-0.05, 0) is 36.7 Å². The average Bonchev–Trinajstić information content (AvgIpc) is 2.47. The lowest BCUT2D eigenvalue weighted by Crippen LogP contribution is -2.37. The summed E-state index contributed by atoms with van der Waals surface area (Å²) in [4.78, 5) is 11.4. The molecule has 2 N–H and O–H groups in total. The number of carbonyl (C=O) groups excluding carboxylic acids is 1. The van der Waals surface area contributed by atoms with Gasteiger partial charge in [0.2, 0.25) is 0 Å². The summed E-state index contributed by atoms with van der Waals surface area (Å²) in [5.74, 6) is -0.397. The van der Waals surface area contributed by atoms with Crippen LogP contribution in [0.3, 0.4) is 0 Å². The van der Waals surface area contributed by atoms with Crippen LogP contribution in [0.25, 0.3) is 0 Å². The molecule has 0 fully saturated rings. The first-order valence-corrected chi connectivity index (χ1v) is 5.88. The van der Waals surface area contributed by atoms with Gasteiger partial charge in [-0.25, -0.2) is 0 Å². The van der Waals surface area contributed by atoms with E-state index in [1.807, 2.05) is 13.8 Å². The summed E-state index contributed by atoms with van der Waals surface area (Å²) in [6.07, 6.45) is 0. The zero-order valence-electron chi connectivity index (χ0n) is 9.66. The predicted octanol–water partition coefficient (Wildman–Crippen LogP) is 1.15. The molecule has 1 heterocycles. The number of esters is 1. The number of carbonyl (C=O) groups is 1. The second-order valence-corrected chi connectivity index (χ2v) is 4.32. The molecule has 0 aliphatic carbocycles. The van der Waals surface area contributed by atoms with Crippen LogP contribution in [0.15, 0.2) is 4.47 Å².